The van der Waals surface area contributed by atoms with E-state index in [1.165, 1.54) is 11.0 Å². The molecule has 6 nitrogen and oxygen atoms in total. The van der Waals surface area contributed by atoms with Gasteiger partial charge in [0.1, 0.15) is 11.4 Å². The lowest BCUT2D eigenvalue weighted by atomic mass is 9.88. The topological polar surface area (TPSA) is 75.7 Å². The minimum atomic E-state index is -4.56. The number of carbonyl (C=O) groups is 1. The minimum Gasteiger partial charge on any atom is -0.483 e. The van der Waals surface area contributed by atoms with Gasteiger partial charge in [-0.1, -0.05) is 0 Å². The molecule has 1 saturated heterocycles. The van der Waals surface area contributed by atoms with E-state index in [9.17, 15) is 26.4 Å². The Balaban J connectivity index is 2.23. The summed E-state index contributed by atoms with van der Waals surface area (Å²) in [5.74, 6) is 0.00345. The number of hydrogen-bond acceptors (Lipinski definition) is 4. The van der Waals surface area contributed by atoms with Crippen LogP contribution in [0.5, 0.6) is 5.75 Å². The molecule has 154 valence electrons. The van der Waals surface area contributed by atoms with Crippen LogP contribution in [0.1, 0.15) is 37.8 Å². The van der Waals surface area contributed by atoms with Crippen LogP contribution in [0, 0.1) is 0 Å². The number of rotatable bonds is 4. The number of hydrogen-bond donors (Lipinski definition) is 1. The first-order valence-corrected chi connectivity index (χ1v) is 10.6. The Hall–Kier alpha value is -2.07. The molecular formula is C18H21F3N2O4S. The van der Waals surface area contributed by atoms with E-state index in [-0.39, 0.29) is 35.9 Å². The molecule has 10 heteroatoms. The van der Waals surface area contributed by atoms with Crippen molar-refractivity contribution in [1.82, 2.24) is 9.62 Å². The Morgan fingerprint density at radius 2 is 1.96 bits per heavy atom. The van der Waals surface area contributed by atoms with Gasteiger partial charge in [-0.15, -0.1) is 0 Å². The molecule has 1 N–H and O–H groups in total. The summed E-state index contributed by atoms with van der Waals surface area (Å²) in [7, 11) is -3.57. The summed E-state index contributed by atoms with van der Waals surface area (Å²) in [5.41, 5.74) is -1.07. The van der Waals surface area contributed by atoms with E-state index < -0.39 is 27.4 Å². The number of carbonyl (C=O) groups excluding carboxylic acids is 1. The Bertz CT molecular complexity index is 952. The molecule has 1 aromatic rings. The van der Waals surface area contributed by atoms with Crippen molar-refractivity contribution in [3.8, 4) is 5.75 Å². The maximum atomic E-state index is 13.3. The van der Waals surface area contributed by atoms with Gasteiger partial charge in [-0.2, -0.15) is 13.2 Å². The fourth-order valence-electron chi connectivity index (χ4n) is 3.46. The highest BCUT2D eigenvalue weighted by atomic mass is 32.2. The smallest absolute Gasteiger partial charge is 0.416 e. The molecule has 2 aliphatic heterocycles. The second-order valence-corrected chi connectivity index (χ2v) is 9.22. The van der Waals surface area contributed by atoms with Gasteiger partial charge in [-0.25, -0.2) is 13.1 Å². The lowest BCUT2D eigenvalue weighted by Gasteiger charge is -2.39. The van der Waals surface area contributed by atoms with Crippen LogP contribution in [-0.4, -0.2) is 44.2 Å². The number of amides is 1. The third-order valence-corrected chi connectivity index (χ3v) is 5.46. The maximum Gasteiger partial charge on any atom is 0.416 e. The number of alkyl halides is 3. The zero-order valence-corrected chi connectivity index (χ0v) is 16.5. The normalized spacial score (nSPS) is 19.6. The Morgan fingerprint density at radius 1 is 1.29 bits per heavy atom. The van der Waals surface area contributed by atoms with Gasteiger partial charge in [0.15, 0.2) is 0 Å². The summed E-state index contributed by atoms with van der Waals surface area (Å²) in [5, 5.41) is 0. The van der Waals surface area contributed by atoms with Gasteiger partial charge in [0.2, 0.25) is 15.9 Å². The third kappa shape index (κ3) is 4.02. The van der Waals surface area contributed by atoms with Gasteiger partial charge in [-0.3, -0.25) is 4.79 Å². The monoisotopic (exact) mass is 418 g/mol. The zero-order chi connectivity index (χ0) is 20.9. The Kier molecular flexibility index (Phi) is 4.99. The van der Waals surface area contributed by atoms with Crippen molar-refractivity contribution in [2.24, 2.45) is 0 Å². The van der Waals surface area contributed by atoms with E-state index in [2.05, 4.69) is 4.72 Å². The van der Waals surface area contributed by atoms with Crippen LogP contribution in [0.3, 0.4) is 0 Å². The molecule has 2 heterocycles. The summed E-state index contributed by atoms with van der Waals surface area (Å²) in [4.78, 5) is 13.8. The third-order valence-electron chi connectivity index (χ3n) is 4.79. The highest BCUT2D eigenvalue weighted by molar-refractivity contribution is 7.88. The minimum absolute atomic E-state index is 0.134. The first-order valence-electron chi connectivity index (χ1n) is 8.69. The molecule has 0 spiro atoms. The van der Waals surface area contributed by atoms with Gasteiger partial charge in [0, 0.05) is 30.6 Å². The van der Waals surface area contributed by atoms with Crippen LogP contribution >= 0.6 is 0 Å². The van der Waals surface area contributed by atoms with Gasteiger partial charge in [-0.05, 0) is 38.5 Å². The molecule has 1 amide bonds. The SMILES string of the molecule is CC1(C)Oc2ccc(C(F)(F)F)cc2C(N2CCCC2=O)=C1CNS(C)(=O)=O. The van der Waals surface area contributed by atoms with Crippen molar-refractivity contribution >= 4 is 21.6 Å². The Labute approximate surface area is 161 Å². The molecule has 0 unspecified atom stereocenters. The number of fused-ring (bicyclic) bond motifs is 1. The van der Waals surface area contributed by atoms with E-state index in [0.717, 1.165) is 18.4 Å². The molecule has 3 rings (SSSR count). The van der Waals surface area contributed by atoms with Gasteiger partial charge in [0.05, 0.1) is 17.5 Å². The number of likely N-dealkylation sites (tertiary alicyclic amines) is 1. The number of benzene rings is 1. The average molecular weight is 418 g/mol. The van der Waals surface area contributed by atoms with Crippen molar-refractivity contribution in [1.29, 1.82) is 0 Å². The summed E-state index contributed by atoms with van der Waals surface area (Å²) in [6.45, 7) is 3.55. The number of nitrogens with zero attached hydrogens (tertiary/aromatic N) is 1. The quantitative estimate of drug-likeness (QED) is 0.816. The second kappa shape index (κ2) is 6.77. The second-order valence-electron chi connectivity index (χ2n) is 7.39. The van der Waals surface area contributed by atoms with Crippen molar-refractivity contribution in [3.63, 3.8) is 0 Å². The van der Waals surface area contributed by atoms with Crippen LogP contribution in [0.2, 0.25) is 0 Å². The molecule has 0 aliphatic carbocycles. The molecule has 1 aromatic carbocycles. The molecule has 0 saturated carbocycles. The number of nitrogens with one attached hydrogen (secondary N) is 1. The van der Waals surface area contributed by atoms with Crippen LogP contribution in [-0.2, 0) is 21.0 Å². The molecule has 1 fully saturated rings. The van der Waals surface area contributed by atoms with Crippen LogP contribution in [0.4, 0.5) is 13.2 Å². The fourth-order valence-corrected chi connectivity index (χ4v) is 3.86. The average Bonchev–Trinajstić information content (AvgIpc) is 2.95. The summed E-state index contributed by atoms with van der Waals surface area (Å²) >= 11 is 0. The van der Waals surface area contributed by atoms with E-state index in [1.54, 1.807) is 13.8 Å². The first kappa shape index (κ1) is 20.7. The lowest BCUT2D eigenvalue weighted by Crippen LogP contribution is -2.43. The van der Waals surface area contributed by atoms with Crippen molar-refractivity contribution < 1.29 is 31.1 Å². The number of sulfonamides is 1. The van der Waals surface area contributed by atoms with Crippen molar-refractivity contribution in [2.45, 2.75) is 38.5 Å². The van der Waals surface area contributed by atoms with Gasteiger partial charge >= 0.3 is 6.18 Å². The van der Waals surface area contributed by atoms with Crippen LogP contribution in [0.15, 0.2) is 23.8 Å². The lowest BCUT2D eigenvalue weighted by molar-refractivity contribution is -0.137. The first-order chi connectivity index (χ1) is 12.8. The highest BCUT2D eigenvalue weighted by Gasteiger charge is 2.41. The maximum absolute atomic E-state index is 13.3. The van der Waals surface area contributed by atoms with Crippen LogP contribution in [0.25, 0.3) is 5.70 Å². The molecule has 0 aromatic heterocycles. The summed E-state index contributed by atoms with van der Waals surface area (Å²) in [6, 6.07) is 3.12. The molecular weight excluding hydrogens is 397 g/mol. The molecule has 28 heavy (non-hydrogen) atoms. The van der Waals surface area contributed by atoms with E-state index in [1.807, 2.05) is 0 Å². The largest absolute Gasteiger partial charge is 0.483 e. The van der Waals surface area contributed by atoms with E-state index in [4.69, 9.17) is 4.74 Å². The predicted octanol–water partition coefficient (Wildman–Crippen LogP) is 2.76. The fraction of sp³-hybridized carbons (Fsp3) is 0.500. The summed E-state index contributed by atoms with van der Waals surface area (Å²) < 4.78 is 71.3. The van der Waals surface area contributed by atoms with E-state index >= 15 is 0 Å². The molecule has 2 aliphatic rings. The standard InChI is InChI=1S/C18H21F3N2O4S/c1-17(2)13(10-22-28(3,25)26)16(23-8-4-5-15(23)24)12-9-11(18(19,20)21)6-7-14(12)27-17/h6-7,9,22H,4-5,8,10H2,1-3H3. The zero-order valence-electron chi connectivity index (χ0n) is 15.7. The number of halogens is 3. The number of ether oxygens (including phenoxy) is 1. The Morgan fingerprint density at radius 3 is 2.50 bits per heavy atom. The van der Waals surface area contributed by atoms with Crippen LogP contribution < -0.4 is 9.46 Å². The van der Waals surface area contributed by atoms with Gasteiger partial charge in [0.25, 0.3) is 0 Å². The molecule has 0 radical (unpaired) electrons. The van der Waals surface area contributed by atoms with Gasteiger partial charge < -0.3 is 9.64 Å². The summed E-state index contributed by atoms with van der Waals surface area (Å²) in [6.07, 6.45) is -2.72. The van der Waals surface area contributed by atoms with E-state index in [0.29, 0.717) is 18.5 Å². The predicted molar refractivity (Wildman–Crippen MR) is 96.9 cm³/mol. The molecule has 0 atom stereocenters. The molecule has 0 bridgehead atoms. The van der Waals surface area contributed by atoms with Crippen molar-refractivity contribution in [3.05, 3.63) is 34.9 Å². The highest BCUT2D eigenvalue weighted by Crippen LogP contribution is 2.45. The van der Waals surface area contributed by atoms with Crippen molar-refractivity contribution in [2.75, 3.05) is 19.3 Å².